The molecule has 1 aromatic rings. The van der Waals surface area contributed by atoms with Crippen LogP contribution in [0.1, 0.15) is 57.8 Å². The van der Waals surface area contributed by atoms with Gasteiger partial charge in [-0.3, -0.25) is 9.48 Å². The molecule has 1 aliphatic rings. The van der Waals surface area contributed by atoms with Gasteiger partial charge in [0.25, 0.3) is 0 Å². The summed E-state index contributed by atoms with van der Waals surface area (Å²) in [6, 6.07) is 0. The van der Waals surface area contributed by atoms with E-state index in [1.54, 1.807) is 0 Å². The summed E-state index contributed by atoms with van der Waals surface area (Å²) in [7, 11) is 0. The van der Waals surface area contributed by atoms with Crippen molar-refractivity contribution in [2.24, 2.45) is 10.8 Å². The van der Waals surface area contributed by atoms with Gasteiger partial charge in [0.1, 0.15) is 0 Å². The van der Waals surface area contributed by atoms with Crippen LogP contribution in [0.25, 0.3) is 0 Å². The Morgan fingerprint density at radius 2 is 1.90 bits per heavy atom. The van der Waals surface area contributed by atoms with Crippen LogP contribution in [0.15, 0.2) is 4.47 Å². The second-order valence-electron chi connectivity index (χ2n) is 7.09. The van der Waals surface area contributed by atoms with Crippen molar-refractivity contribution in [2.45, 2.75) is 66.3 Å². The maximum atomic E-state index is 12.0. The summed E-state index contributed by atoms with van der Waals surface area (Å²) in [6.07, 6.45) is 3.99. The quantitative estimate of drug-likeness (QED) is 0.879. The molecule has 1 saturated carbocycles. The zero-order chi connectivity index (χ0) is 15.8. The van der Waals surface area contributed by atoms with Gasteiger partial charge in [-0.25, -0.2) is 0 Å². The number of halogens is 1. The van der Waals surface area contributed by atoms with Crippen LogP contribution in [0.2, 0.25) is 0 Å². The lowest BCUT2D eigenvalue weighted by Gasteiger charge is -2.41. The van der Waals surface area contributed by atoms with Crippen molar-refractivity contribution in [3.8, 4) is 0 Å². The molecule has 0 bridgehead atoms. The van der Waals surface area contributed by atoms with Crippen LogP contribution in [-0.2, 0) is 17.8 Å². The van der Waals surface area contributed by atoms with Crippen molar-refractivity contribution in [2.75, 3.05) is 0 Å². The minimum atomic E-state index is -0.661. The van der Waals surface area contributed by atoms with Gasteiger partial charge in [0, 0.05) is 13.0 Å². The first kappa shape index (κ1) is 16.5. The second kappa shape index (κ2) is 5.75. The molecule has 0 saturated heterocycles. The standard InChI is InChI=1S/C16H25BrN2O2/c1-5-19-12(13(17)11(2)18-19)10-16(14(20)21)8-6-15(3,4)7-9-16/h5-10H2,1-4H3,(H,20,21). The van der Waals surface area contributed by atoms with Gasteiger partial charge in [0.15, 0.2) is 0 Å². The molecular weight excluding hydrogens is 332 g/mol. The summed E-state index contributed by atoms with van der Waals surface area (Å²) < 4.78 is 2.90. The van der Waals surface area contributed by atoms with E-state index >= 15 is 0 Å². The molecule has 0 aromatic carbocycles. The zero-order valence-electron chi connectivity index (χ0n) is 13.4. The largest absolute Gasteiger partial charge is 0.481 e. The number of carboxylic acid groups (broad SMARTS) is 1. The van der Waals surface area contributed by atoms with Crippen molar-refractivity contribution in [3.63, 3.8) is 0 Å². The first-order valence-electron chi connectivity index (χ1n) is 7.66. The van der Waals surface area contributed by atoms with Crippen LogP contribution in [0.3, 0.4) is 0 Å². The molecule has 5 heteroatoms. The second-order valence-corrected chi connectivity index (χ2v) is 7.88. The van der Waals surface area contributed by atoms with Crippen LogP contribution in [-0.4, -0.2) is 20.9 Å². The number of aromatic nitrogens is 2. The smallest absolute Gasteiger partial charge is 0.310 e. The van der Waals surface area contributed by atoms with Gasteiger partial charge in [-0.1, -0.05) is 13.8 Å². The number of carboxylic acids is 1. The Morgan fingerprint density at radius 1 is 1.33 bits per heavy atom. The average molecular weight is 357 g/mol. The highest BCUT2D eigenvalue weighted by Crippen LogP contribution is 2.47. The van der Waals surface area contributed by atoms with Gasteiger partial charge in [-0.15, -0.1) is 0 Å². The van der Waals surface area contributed by atoms with Crippen LogP contribution < -0.4 is 0 Å². The summed E-state index contributed by atoms with van der Waals surface area (Å²) in [5.74, 6) is -0.661. The molecule has 0 unspecified atom stereocenters. The van der Waals surface area contributed by atoms with Crippen LogP contribution in [0.5, 0.6) is 0 Å². The topological polar surface area (TPSA) is 55.1 Å². The summed E-state index contributed by atoms with van der Waals surface area (Å²) >= 11 is 3.59. The molecule has 2 rings (SSSR count). The first-order chi connectivity index (χ1) is 9.71. The first-order valence-corrected chi connectivity index (χ1v) is 8.45. The molecule has 0 atom stereocenters. The maximum Gasteiger partial charge on any atom is 0.310 e. The Kier molecular flexibility index (Phi) is 4.52. The Balaban J connectivity index is 2.32. The molecule has 0 amide bonds. The highest BCUT2D eigenvalue weighted by molar-refractivity contribution is 9.10. The van der Waals surface area contributed by atoms with E-state index in [1.165, 1.54) is 0 Å². The fourth-order valence-corrected chi connectivity index (χ4v) is 3.65. The van der Waals surface area contributed by atoms with E-state index in [-0.39, 0.29) is 5.41 Å². The van der Waals surface area contributed by atoms with E-state index in [0.717, 1.165) is 48.1 Å². The van der Waals surface area contributed by atoms with Crippen LogP contribution >= 0.6 is 15.9 Å². The van der Waals surface area contributed by atoms with Gasteiger partial charge >= 0.3 is 5.97 Å². The van der Waals surface area contributed by atoms with Crippen molar-refractivity contribution in [1.82, 2.24) is 9.78 Å². The predicted octanol–water partition coefficient (Wildman–Crippen LogP) is 4.19. The lowest BCUT2D eigenvalue weighted by molar-refractivity contribution is -0.152. The van der Waals surface area contributed by atoms with Gasteiger partial charge in [0.2, 0.25) is 0 Å². The highest BCUT2D eigenvalue weighted by Gasteiger charge is 2.45. The zero-order valence-corrected chi connectivity index (χ0v) is 15.0. The van der Waals surface area contributed by atoms with E-state index < -0.39 is 11.4 Å². The number of carbonyl (C=O) groups is 1. The molecule has 1 fully saturated rings. The van der Waals surface area contributed by atoms with Crippen LogP contribution in [0, 0.1) is 17.8 Å². The monoisotopic (exact) mass is 356 g/mol. The maximum absolute atomic E-state index is 12.0. The molecule has 118 valence electrons. The number of aliphatic carboxylic acids is 1. The Morgan fingerprint density at radius 3 is 2.38 bits per heavy atom. The molecule has 1 aromatic heterocycles. The van der Waals surface area contributed by atoms with Crippen molar-refractivity contribution < 1.29 is 9.90 Å². The van der Waals surface area contributed by atoms with Crippen molar-refractivity contribution >= 4 is 21.9 Å². The van der Waals surface area contributed by atoms with Crippen molar-refractivity contribution in [1.29, 1.82) is 0 Å². The molecule has 1 heterocycles. The van der Waals surface area contributed by atoms with Gasteiger partial charge in [-0.2, -0.15) is 5.10 Å². The summed E-state index contributed by atoms with van der Waals surface area (Å²) in [6.45, 7) is 9.23. The molecule has 0 aliphatic heterocycles. The number of hydrogen-bond acceptors (Lipinski definition) is 2. The Labute approximate surface area is 135 Å². The molecule has 4 nitrogen and oxygen atoms in total. The fourth-order valence-electron chi connectivity index (χ4n) is 3.23. The van der Waals surface area contributed by atoms with Crippen LogP contribution in [0.4, 0.5) is 0 Å². The third-order valence-corrected chi connectivity index (χ3v) is 6.00. The van der Waals surface area contributed by atoms with Crippen molar-refractivity contribution in [3.05, 3.63) is 15.9 Å². The third-order valence-electron chi connectivity index (χ3n) is 4.97. The fraction of sp³-hybridized carbons (Fsp3) is 0.750. The summed E-state index contributed by atoms with van der Waals surface area (Å²) in [5, 5.41) is 14.3. The SMILES string of the molecule is CCn1nc(C)c(Br)c1CC1(C(=O)O)CCC(C)(C)CC1. The van der Waals surface area contributed by atoms with E-state index in [4.69, 9.17) is 0 Å². The third kappa shape index (κ3) is 3.17. The van der Waals surface area contributed by atoms with Gasteiger partial charge in [0.05, 0.1) is 21.3 Å². The minimum absolute atomic E-state index is 0.261. The number of nitrogens with zero attached hydrogens (tertiary/aromatic N) is 2. The Hall–Kier alpha value is -0.840. The summed E-state index contributed by atoms with van der Waals surface area (Å²) in [5.41, 5.74) is 1.58. The lowest BCUT2D eigenvalue weighted by Crippen LogP contribution is -2.40. The van der Waals surface area contributed by atoms with E-state index in [0.29, 0.717) is 6.42 Å². The van der Waals surface area contributed by atoms with E-state index in [2.05, 4.69) is 34.9 Å². The average Bonchev–Trinajstić information content (AvgIpc) is 2.68. The number of hydrogen-bond donors (Lipinski definition) is 1. The Bertz CT molecular complexity index is 539. The molecule has 0 radical (unpaired) electrons. The number of aryl methyl sites for hydroxylation is 2. The highest BCUT2D eigenvalue weighted by atomic mass is 79.9. The molecule has 21 heavy (non-hydrogen) atoms. The molecule has 1 N–H and O–H groups in total. The molecule has 1 aliphatic carbocycles. The number of rotatable bonds is 4. The van der Waals surface area contributed by atoms with E-state index in [1.807, 2.05) is 18.5 Å². The lowest BCUT2D eigenvalue weighted by atomic mass is 9.63. The predicted molar refractivity (Wildman–Crippen MR) is 86.4 cm³/mol. The normalized spacial score (nSPS) is 20.4. The van der Waals surface area contributed by atoms with Gasteiger partial charge in [-0.05, 0) is 60.9 Å². The molecular formula is C16H25BrN2O2. The van der Waals surface area contributed by atoms with E-state index in [9.17, 15) is 9.90 Å². The minimum Gasteiger partial charge on any atom is -0.481 e. The van der Waals surface area contributed by atoms with Gasteiger partial charge < -0.3 is 5.11 Å². The molecule has 0 spiro atoms. The summed E-state index contributed by atoms with van der Waals surface area (Å²) in [4.78, 5) is 12.0.